The highest BCUT2D eigenvalue weighted by Crippen LogP contribution is 2.28. The van der Waals surface area contributed by atoms with E-state index in [2.05, 4.69) is 5.32 Å². The van der Waals surface area contributed by atoms with E-state index in [0.29, 0.717) is 11.4 Å². The van der Waals surface area contributed by atoms with Gasteiger partial charge in [-0.2, -0.15) is 0 Å². The normalized spacial score (nSPS) is 10.3. The van der Waals surface area contributed by atoms with E-state index in [0.717, 1.165) is 5.56 Å². The van der Waals surface area contributed by atoms with Gasteiger partial charge in [0.1, 0.15) is 11.6 Å². The second-order valence-corrected chi connectivity index (χ2v) is 3.76. The van der Waals surface area contributed by atoms with E-state index in [9.17, 15) is 8.78 Å². The minimum atomic E-state index is -0.524. The van der Waals surface area contributed by atoms with Gasteiger partial charge in [-0.3, -0.25) is 0 Å². The summed E-state index contributed by atoms with van der Waals surface area (Å²) >= 11 is 0. The third-order valence-corrected chi connectivity index (χ3v) is 2.53. The molecule has 0 radical (unpaired) electrons. The van der Waals surface area contributed by atoms with Crippen molar-refractivity contribution < 1.29 is 8.78 Å². The van der Waals surface area contributed by atoms with Crippen molar-refractivity contribution >= 4 is 17.1 Å². The Labute approximate surface area is 98.1 Å². The van der Waals surface area contributed by atoms with Gasteiger partial charge in [-0.25, -0.2) is 8.78 Å². The van der Waals surface area contributed by atoms with E-state index in [1.807, 2.05) is 0 Å². The molecule has 0 saturated carbocycles. The third-order valence-electron chi connectivity index (χ3n) is 2.53. The molecule has 0 spiro atoms. The van der Waals surface area contributed by atoms with E-state index in [4.69, 9.17) is 5.73 Å². The SMILES string of the molecule is Cc1cccc(F)c1Nc1cccc(F)c1N. The molecule has 2 aromatic carbocycles. The number of nitrogens with two attached hydrogens (primary N) is 1. The van der Waals surface area contributed by atoms with Crippen molar-refractivity contribution in [3.8, 4) is 0 Å². The van der Waals surface area contributed by atoms with Gasteiger partial charge in [0.2, 0.25) is 0 Å². The van der Waals surface area contributed by atoms with Crippen LogP contribution >= 0.6 is 0 Å². The molecule has 4 heteroatoms. The topological polar surface area (TPSA) is 38.0 Å². The highest BCUT2D eigenvalue weighted by atomic mass is 19.1. The van der Waals surface area contributed by atoms with Crippen molar-refractivity contribution in [2.75, 3.05) is 11.1 Å². The van der Waals surface area contributed by atoms with Crippen molar-refractivity contribution in [3.63, 3.8) is 0 Å². The molecule has 0 heterocycles. The Morgan fingerprint density at radius 1 is 1.00 bits per heavy atom. The third kappa shape index (κ3) is 2.20. The van der Waals surface area contributed by atoms with Gasteiger partial charge in [0.15, 0.2) is 0 Å². The lowest BCUT2D eigenvalue weighted by atomic mass is 10.1. The molecule has 17 heavy (non-hydrogen) atoms. The number of nitrogen functional groups attached to an aromatic ring is 1. The summed E-state index contributed by atoms with van der Waals surface area (Å²) in [6, 6.07) is 9.10. The quantitative estimate of drug-likeness (QED) is 0.779. The largest absolute Gasteiger partial charge is 0.395 e. The molecule has 88 valence electrons. The average Bonchev–Trinajstić information content (AvgIpc) is 2.29. The summed E-state index contributed by atoms with van der Waals surface area (Å²) < 4.78 is 26.8. The zero-order chi connectivity index (χ0) is 12.4. The van der Waals surface area contributed by atoms with Crippen LogP contribution in [0.25, 0.3) is 0 Å². The minimum absolute atomic E-state index is 0.0184. The molecule has 0 aliphatic heterocycles. The summed E-state index contributed by atoms with van der Waals surface area (Å²) in [7, 11) is 0. The van der Waals surface area contributed by atoms with Gasteiger partial charge < -0.3 is 11.1 Å². The first-order valence-electron chi connectivity index (χ1n) is 5.15. The van der Waals surface area contributed by atoms with Gasteiger partial charge in [-0.1, -0.05) is 18.2 Å². The van der Waals surface area contributed by atoms with Crippen molar-refractivity contribution in [3.05, 3.63) is 53.6 Å². The van der Waals surface area contributed by atoms with Crippen LogP contribution in [-0.4, -0.2) is 0 Å². The molecule has 3 N–H and O–H groups in total. The predicted octanol–water partition coefficient (Wildman–Crippen LogP) is 3.60. The molecule has 0 amide bonds. The van der Waals surface area contributed by atoms with E-state index in [1.54, 1.807) is 25.1 Å². The highest BCUT2D eigenvalue weighted by Gasteiger charge is 2.09. The summed E-state index contributed by atoms with van der Waals surface area (Å²) in [5.41, 5.74) is 6.95. The monoisotopic (exact) mass is 234 g/mol. The van der Waals surface area contributed by atoms with Crippen molar-refractivity contribution in [1.29, 1.82) is 0 Å². The molecule has 0 aliphatic rings. The van der Waals surface area contributed by atoms with Gasteiger partial charge in [0, 0.05) is 0 Å². The number of hydrogen-bond acceptors (Lipinski definition) is 2. The van der Waals surface area contributed by atoms with Crippen molar-refractivity contribution in [1.82, 2.24) is 0 Å². The van der Waals surface area contributed by atoms with E-state index >= 15 is 0 Å². The lowest BCUT2D eigenvalue weighted by Gasteiger charge is -2.12. The molecule has 0 bridgehead atoms. The molecule has 2 rings (SSSR count). The fourth-order valence-corrected chi connectivity index (χ4v) is 1.57. The standard InChI is InChI=1S/C13H12F2N2/c1-8-4-2-6-10(15)13(8)17-11-7-3-5-9(14)12(11)16/h2-7,17H,16H2,1H3. The van der Waals surface area contributed by atoms with E-state index < -0.39 is 11.6 Å². The molecule has 0 fully saturated rings. The summed E-state index contributed by atoms with van der Waals surface area (Å²) in [6.45, 7) is 1.76. The lowest BCUT2D eigenvalue weighted by Crippen LogP contribution is -2.01. The van der Waals surface area contributed by atoms with Crippen molar-refractivity contribution in [2.24, 2.45) is 0 Å². The van der Waals surface area contributed by atoms with Crippen LogP contribution in [0.3, 0.4) is 0 Å². The maximum Gasteiger partial charge on any atom is 0.148 e. The second-order valence-electron chi connectivity index (χ2n) is 3.76. The fraction of sp³-hybridized carbons (Fsp3) is 0.0769. The Balaban J connectivity index is 2.42. The average molecular weight is 234 g/mol. The van der Waals surface area contributed by atoms with Crippen LogP contribution in [0.1, 0.15) is 5.56 Å². The Hall–Kier alpha value is -2.10. The number of anilines is 3. The molecule has 0 saturated heterocycles. The molecule has 0 aromatic heterocycles. The number of rotatable bonds is 2. The Morgan fingerprint density at radius 2 is 1.65 bits per heavy atom. The number of nitrogens with one attached hydrogen (secondary N) is 1. The fourth-order valence-electron chi connectivity index (χ4n) is 1.57. The van der Waals surface area contributed by atoms with Gasteiger partial charge in [-0.05, 0) is 30.7 Å². The maximum atomic E-state index is 13.6. The van der Waals surface area contributed by atoms with Gasteiger partial charge in [0.25, 0.3) is 0 Å². The summed E-state index contributed by atoms with van der Waals surface area (Å²) in [4.78, 5) is 0. The molecular weight excluding hydrogens is 222 g/mol. The van der Waals surface area contributed by atoms with Gasteiger partial charge >= 0.3 is 0 Å². The van der Waals surface area contributed by atoms with Crippen LogP contribution in [0, 0.1) is 18.6 Å². The minimum Gasteiger partial charge on any atom is -0.395 e. The first-order valence-corrected chi connectivity index (χ1v) is 5.15. The molecular formula is C13H12F2N2. The summed E-state index contributed by atoms with van der Waals surface area (Å²) in [6.07, 6.45) is 0. The van der Waals surface area contributed by atoms with Crippen LogP contribution in [0.4, 0.5) is 25.8 Å². The van der Waals surface area contributed by atoms with E-state index in [-0.39, 0.29) is 5.69 Å². The van der Waals surface area contributed by atoms with Crippen LogP contribution < -0.4 is 11.1 Å². The lowest BCUT2D eigenvalue weighted by molar-refractivity contribution is 0.629. The highest BCUT2D eigenvalue weighted by molar-refractivity contribution is 5.74. The van der Waals surface area contributed by atoms with Crippen LogP contribution in [-0.2, 0) is 0 Å². The first kappa shape index (κ1) is 11.4. The summed E-state index contributed by atoms with van der Waals surface area (Å²) in [5.74, 6) is -0.919. The number of halogens is 2. The van der Waals surface area contributed by atoms with E-state index in [1.165, 1.54) is 18.2 Å². The van der Waals surface area contributed by atoms with Crippen LogP contribution in [0.5, 0.6) is 0 Å². The molecule has 2 aromatic rings. The maximum absolute atomic E-state index is 13.6. The van der Waals surface area contributed by atoms with Gasteiger partial charge in [-0.15, -0.1) is 0 Å². The van der Waals surface area contributed by atoms with Crippen LogP contribution in [0.15, 0.2) is 36.4 Å². The molecule has 0 unspecified atom stereocenters. The number of aryl methyl sites for hydroxylation is 1. The predicted molar refractivity (Wildman–Crippen MR) is 65.2 cm³/mol. The summed E-state index contributed by atoms with van der Waals surface area (Å²) in [5, 5.41) is 2.81. The Bertz CT molecular complexity index is 533. The molecule has 0 atom stereocenters. The van der Waals surface area contributed by atoms with Gasteiger partial charge in [0.05, 0.1) is 17.1 Å². The second kappa shape index (κ2) is 4.41. The number of benzene rings is 2. The van der Waals surface area contributed by atoms with Crippen LogP contribution in [0.2, 0.25) is 0 Å². The first-order chi connectivity index (χ1) is 8.09. The number of para-hydroxylation sites is 2. The zero-order valence-electron chi connectivity index (χ0n) is 9.30. The molecule has 0 aliphatic carbocycles. The Morgan fingerprint density at radius 3 is 2.35 bits per heavy atom. The Kier molecular flexibility index (Phi) is 2.95. The smallest absolute Gasteiger partial charge is 0.148 e. The molecule has 2 nitrogen and oxygen atoms in total. The zero-order valence-corrected chi connectivity index (χ0v) is 9.30. The van der Waals surface area contributed by atoms with Crippen molar-refractivity contribution in [2.45, 2.75) is 6.92 Å². The number of hydrogen-bond donors (Lipinski definition) is 2.